The van der Waals surface area contributed by atoms with Crippen molar-refractivity contribution in [3.8, 4) is 11.5 Å². The predicted octanol–water partition coefficient (Wildman–Crippen LogP) is 4.39. The third-order valence-corrected chi connectivity index (χ3v) is 3.64. The van der Waals surface area contributed by atoms with Crippen LogP contribution in [-0.2, 0) is 6.61 Å². The summed E-state index contributed by atoms with van der Waals surface area (Å²) in [5.41, 5.74) is 0.920. The number of benzene rings is 2. The first-order valence-electron chi connectivity index (χ1n) is 5.99. The van der Waals surface area contributed by atoms with E-state index in [4.69, 9.17) is 26.2 Å². The second kappa shape index (κ2) is 6.83. The molecule has 0 aliphatic rings. The van der Waals surface area contributed by atoms with Crippen LogP contribution in [0.3, 0.4) is 0 Å². The van der Waals surface area contributed by atoms with E-state index in [1.54, 1.807) is 19.2 Å². The zero-order valence-electron chi connectivity index (χ0n) is 11.1. The second-order valence-corrected chi connectivity index (χ2v) is 5.49. The lowest BCUT2D eigenvalue weighted by atomic mass is 10.2. The summed E-state index contributed by atoms with van der Waals surface area (Å²) in [4.78, 5) is 11.2. The average Bonchev–Trinajstić information content (AvgIpc) is 2.46. The number of methoxy groups -OCH3 is 1. The molecule has 1 N–H and O–H groups in total. The molecule has 0 radical (unpaired) electrons. The zero-order valence-corrected chi connectivity index (χ0v) is 13.4. The standard InChI is InChI=1S/C15H12BrClO4/c1-20-14-4-2-9(6-12(14)16)8-21-13-5-3-10(17)7-11(13)15(18)19/h2-7H,8H2,1H3,(H,18,19). The maximum Gasteiger partial charge on any atom is 0.339 e. The van der Waals surface area contributed by atoms with Gasteiger partial charge in [0.15, 0.2) is 0 Å². The van der Waals surface area contributed by atoms with Crippen LogP contribution in [0.15, 0.2) is 40.9 Å². The van der Waals surface area contributed by atoms with Crippen LogP contribution in [0.25, 0.3) is 0 Å². The molecule has 0 aromatic heterocycles. The quantitative estimate of drug-likeness (QED) is 0.847. The number of aromatic carboxylic acids is 1. The molecule has 0 saturated heterocycles. The SMILES string of the molecule is COc1ccc(COc2ccc(Cl)cc2C(=O)O)cc1Br. The first kappa shape index (κ1) is 15.7. The zero-order chi connectivity index (χ0) is 15.4. The van der Waals surface area contributed by atoms with E-state index in [2.05, 4.69) is 15.9 Å². The molecule has 0 saturated carbocycles. The third kappa shape index (κ3) is 3.89. The molecule has 0 atom stereocenters. The van der Waals surface area contributed by atoms with Crippen molar-refractivity contribution in [1.29, 1.82) is 0 Å². The fourth-order valence-corrected chi connectivity index (χ4v) is 2.52. The number of carboxylic acid groups (broad SMARTS) is 1. The number of carbonyl (C=O) groups is 1. The maximum atomic E-state index is 11.2. The molecule has 0 bridgehead atoms. The number of ether oxygens (including phenoxy) is 2. The maximum absolute atomic E-state index is 11.2. The molecule has 2 rings (SSSR count). The molecule has 4 nitrogen and oxygen atoms in total. The average molecular weight is 372 g/mol. The summed E-state index contributed by atoms with van der Waals surface area (Å²) in [5.74, 6) is -0.0845. The lowest BCUT2D eigenvalue weighted by molar-refractivity contribution is 0.0691. The molecule has 2 aromatic carbocycles. The molecule has 6 heteroatoms. The molecule has 0 fully saturated rings. The Morgan fingerprint density at radius 2 is 1.95 bits per heavy atom. The van der Waals surface area contributed by atoms with Crippen molar-refractivity contribution in [3.05, 3.63) is 57.0 Å². The van der Waals surface area contributed by atoms with Crippen LogP contribution in [0.5, 0.6) is 11.5 Å². The van der Waals surface area contributed by atoms with Crippen molar-refractivity contribution in [2.24, 2.45) is 0 Å². The minimum absolute atomic E-state index is 0.0371. The molecule has 0 aliphatic carbocycles. The van der Waals surface area contributed by atoms with Gasteiger partial charge in [0.25, 0.3) is 0 Å². The van der Waals surface area contributed by atoms with Crippen LogP contribution in [0.1, 0.15) is 15.9 Å². The van der Waals surface area contributed by atoms with Gasteiger partial charge in [-0.3, -0.25) is 0 Å². The Morgan fingerprint density at radius 3 is 2.57 bits per heavy atom. The molecular formula is C15H12BrClO4. The van der Waals surface area contributed by atoms with E-state index in [1.165, 1.54) is 6.07 Å². The van der Waals surface area contributed by atoms with Gasteiger partial charge >= 0.3 is 5.97 Å². The summed E-state index contributed by atoms with van der Waals surface area (Å²) in [7, 11) is 1.59. The predicted molar refractivity (Wildman–Crippen MR) is 83.4 cm³/mol. The molecule has 21 heavy (non-hydrogen) atoms. The third-order valence-electron chi connectivity index (χ3n) is 2.78. The van der Waals surface area contributed by atoms with Gasteiger partial charge in [0, 0.05) is 5.02 Å². The normalized spacial score (nSPS) is 10.2. The highest BCUT2D eigenvalue weighted by Crippen LogP contribution is 2.27. The lowest BCUT2D eigenvalue weighted by Gasteiger charge is -2.11. The first-order chi connectivity index (χ1) is 10.0. The summed E-state index contributed by atoms with van der Waals surface area (Å²) >= 11 is 9.18. The van der Waals surface area contributed by atoms with E-state index in [-0.39, 0.29) is 17.9 Å². The van der Waals surface area contributed by atoms with E-state index in [9.17, 15) is 4.79 Å². The van der Waals surface area contributed by atoms with Crippen LogP contribution in [0, 0.1) is 0 Å². The molecule has 0 unspecified atom stereocenters. The van der Waals surface area contributed by atoms with Crippen LogP contribution in [0.4, 0.5) is 0 Å². The Balaban J connectivity index is 2.16. The van der Waals surface area contributed by atoms with Crippen LogP contribution >= 0.6 is 27.5 Å². The number of hydrogen-bond acceptors (Lipinski definition) is 3. The van der Waals surface area contributed by atoms with Crippen molar-refractivity contribution in [3.63, 3.8) is 0 Å². The van der Waals surface area contributed by atoms with Gasteiger partial charge < -0.3 is 14.6 Å². The van der Waals surface area contributed by atoms with Gasteiger partial charge in [0.2, 0.25) is 0 Å². The highest BCUT2D eigenvalue weighted by molar-refractivity contribution is 9.10. The molecule has 0 amide bonds. The fourth-order valence-electron chi connectivity index (χ4n) is 1.76. The molecule has 110 valence electrons. The summed E-state index contributed by atoms with van der Waals surface area (Å²) in [6.07, 6.45) is 0. The lowest BCUT2D eigenvalue weighted by Crippen LogP contribution is -2.03. The van der Waals surface area contributed by atoms with Crippen molar-refractivity contribution in [2.45, 2.75) is 6.61 Å². The first-order valence-corrected chi connectivity index (χ1v) is 7.16. The molecule has 0 spiro atoms. The minimum Gasteiger partial charge on any atom is -0.496 e. The molecular weight excluding hydrogens is 360 g/mol. The van der Waals surface area contributed by atoms with Gasteiger partial charge in [0.05, 0.1) is 11.6 Å². The Labute approximate surface area is 135 Å². The van der Waals surface area contributed by atoms with Gasteiger partial charge in [-0.2, -0.15) is 0 Å². The van der Waals surface area contributed by atoms with Crippen molar-refractivity contribution in [1.82, 2.24) is 0 Å². The largest absolute Gasteiger partial charge is 0.496 e. The minimum atomic E-state index is -1.08. The molecule has 0 aliphatic heterocycles. The summed E-state index contributed by atoms with van der Waals surface area (Å²) in [5, 5.41) is 9.49. The van der Waals surface area contributed by atoms with Crippen molar-refractivity contribution in [2.75, 3.05) is 7.11 Å². The fraction of sp³-hybridized carbons (Fsp3) is 0.133. The van der Waals surface area contributed by atoms with Crippen LogP contribution < -0.4 is 9.47 Å². The van der Waals surface area contributed by atoms with Gasteiger partial charge in [-0.05, 0) is 51.8 Å². The Bertz CT molecular complexity index is 673. The van der Waals surface area contributed by atoms with E-state index < -0.39 is 5.97 Å². The smallest absolute Gasteiger partial charge is 0.339 e. The van der Waals surface area contributed by atoms with Crippen LogP contribution in [0.2, 0.25) is 5.02 Å². The van der Waals surface area contributed by atoms with E-state index in [0.717, 1.165) is 15.8 Å². The van der Waals surface area contributed by atoms with Gasteiger partial charge in [-0.25, -0.2) is 4.79 Å². The highest BCUT2D eigenvalue weighted by Gasteiger charge is 2.12. The summed E-state index contributed by atoms with van der Waals surface area (Å²) in [6.45, 7) is 0.241. The van der Waals surface area contributed by atoms with E-state index >= 15 is 0 Å². The van der Waals surface area contributed by atoms with E-state index in [0.29, 0.717) is 5.02 Å². The summed E-state index contributed by atoms with van der Waals surface area (Å²) < 4.78 is 11.5. The monoisotopic (exact) mass is 370 g/mol. The topological polar surface area (TPSA) is 55.8 Å². The van der Waals surface area contributed by atoms with Gasteiger partial charge in [-0.15, -0.1) is 0 Å². The molecule has 2 aromatic rings. The highest BCUT2D eigenvalue weighted by atomic mass is 79.9. The second-order valence-electron chi connectivity index (χ2n) is 4.20. The molecule has 0 heterocycles. The number of halogens is 2. The van der Waals surface area contributed by atoms with Crippen molar-refractivity contribution < 1.29 is 19.4 Å². The number of carboxylic acids is 1. The van der Waals surface area contributed by atoms with Crippen LogP contribution in [-0.4, -0.2) is 18.2 Å². The Morgan fingerprint density at radius 1 is 1.24 bits per heavy atom. The van der Waals surface area contributed by atoms with Crippen molar-refractivity contribution >= 4 is 33.5 Å². The number of rotatable bonds is 5. The van der Waals surface area contributed by atoms with Gasteiger partial charge in [0.1, 0.15) is 23.7 Å². The Kier molecular flexibility index (Phi) is 5.09. The van der Waals surface area contributed by atoms with E-state index in [1.807, 2.05) is 18.2 Å². The van der Waals surface area contributed by atoms with Gasteiger partial charge in [-0.1, -0.05) is 17.7 Å². The number of hydrogen-bond donors (Lipinski definition) is 1. The Hall–Kier alpha value is -1.72. The summed E-state index contributed by atoms with van der Waals surface area (Å²) in [6, 6.07) is 10.0.